The summed E-state index contributed by atoms with van der Waals surface area (Å²) < 4.78 is 47.5. The van der Waals surface area contributed by atoms with Crippen LogP contribution in [0.1, 0.15) is 16.1 Å². The Balaban J connectivity index is 2.00. The molecule has 0 aliphatic carbocycles. The summed E-state index contributed by atoms with van der Waals surface area (Å²) in [6.45, 7) is 0. The number of aromatic nitrogens is 5. The molecule has 0 amide bonds. The van der Waals surface area contributed by atoms with Crippen LogP contribution >= 0.6 is 23.2 Å². The normalized spacial score (nSPS) is 11.6. The number of carboxylic acids is 1. The van der Waals surface area contributed by atoms with Crippen LogP contribution in [-0.4, -0.2) is 36.0 Å². The average molecular weight is 470 g/mol. The first-order chi connectivity index (χ1) is 14.7. The number of alkyl halides is 3. The van der Waals surface area contributed by atoms with Crippen molar-refractivity contribution in [2.24, 2.45) is 0 Å². The smallest absolute Gasteiger partial charge is 0.434 e. The summed E-state index contributed by atoms with van der Waals surface area (Å²) in [5.41, 5.74) is -2.99. The number of aromatic carboxylic acids is 1. The fourth-order valence-corrected chi connectivity index (χ4v) is 3.46. The Kier molecular flexibility index (Phi) is 5.15. The van der Waals surface area contributed by atoms with Gasteiger partial charge in [0.1, 0.15) is 11.3 Å². The minimum Gasteiger partial charge on any atom is -0.477 e. The van der Waals surface area contributed by atoms with Crippen molar-refractivity contribution < 1.29 is 27.6 Å². The number of hydrogen-bond donors (Lipinski definition) is 1. The third-order valence-corrected chi connectivity index (χ3v) is 4.72. The van der Waals surface area contributed by atoms with Gasteiger partial charge in [-0.1, -0.05) is 34.4 Å². The quantitative estimate of drug-likeness (QED) is 0.447. The number of carboxylic acid groups (broad SMARTS) is 1. The number of pyridine rings is 2. The van der Waals surface area contributed by atoms with Gasteiger partial charge >= 0.3 is 12.1 Å². The maximum Gasteiger partial charge on any atom is 0.434 e. The Morgan fingerprint density at radius 1 is 1.13 bits per heavy atom. The monoisotopic (exact) mass is 469 g/mol. The molecule has 0 saturated heterocycles. The standard InChI is InChI=1S/C18H8Cl2F3N5O3/c19-9-6-24-7-10(20)12(9)14-13(17(29)30)15(31-27-14)8-5-26-28(16(8)18(21,22)23)11-3-1-2-4-25-11/h1-7H,(H,29,30). The van der Waals surface area contributed by atoms with Crippen molar-refractivity contribution in [3.8, 4) is 28.4 Å². The third-order valence-electron chi connectivity index (χ3n) is 4.14. The molecule has 0 unspecified atom stereocenters. The molecule has 0 bridgehead atoms. The summed E-state index contributed by atoms with van der Waals surface area (Å²) in [6, 6.07) is 4.31. The Hall–Kier alpha value is -3.44. The van der Waals surface area contributed by atoms with Crippen LogP contribution in [-0.2, 0) is 6.18 Å². The molecule has 158 valence electrons. The van der Waals surface area contributed by atoms with Crippen molar-refractivity contribution in [3.05, 3.63) is 64.3 Å². The third kappa shape index (κ3) is 3.62. The van der Waals surface area contributed by atoms with Gasteiger partial charge in [-0.2, -0.15) is 18.3 Å². The maximum atomic E-state index is 14.0. The van der Waals surface area contributed by atoms with E-state index in [1.165, 1.54) is 36.8 Å². The SMILES string of the molecule is O=C(O)c1c(-c2c(Cl)cncc2Cl)noc1-c1cnn(-c2ccccn2)c1C(F)(F)F. The second kappa shape index (κ2) is 7.67. The van der Waals surface area contributed by atoms with E-state index in [4.69, 9.17) is 27.7 Å². The van der Waals surface area contributed by atoms with Crippen LogP contribution in [0.25, 0.3) is 28.4 Å². The van der Waals surface area contributed by atoms with Crippen LogP contribution in [0.3, 0.4) is 0 Å². The lowest BCUT2D eigenvalue weighted by Crippen LogP contribution is -2.15. The second-order valence-corrected chi connectivity index (χ2v) is 6.84. The minimum absolute atomic E-state index is 0.0450. The molecular weight excluding hydrogens is 462 g/mol. The fourth-order valence-electron chi connectivity index (χ4n) is 2.92. The number of carbonyl (C=O) groups is 1. The van der Waals surface area contributed by atoms with Gasteiger partial charge in [0.15, 0.2) is 17.3 Å². The summed E-state index contributed by atoms with van der Waals surface area (Å²) >= 11 is 12.1. The number of rotatable bonds is 4. The van der Waals surface area contributed by atoms with Crippen molar-refractivity contribution in [3.63, 3.8) is 0 Å². The Morgan fingerprint density at radius 3 is 2.42 bits per heavy atom. The molecule has 13 heteroatoms. The van der Waals surface area contributed by atoms with Crippen LogP contribution in [0.2, 0.25) is 10.0 Å². The Morgan fingerprint density at radius 2 is 1.84 bits per heavy atom. The predicted octanol–water partition coefficient (Wildman–Crippen LogP) is 5.01. The van der Waals surface area contributed by atoms with E-state index in [9.17, 15) is 23.1 Å². The summed E-state index contributed by atoms with van der Waals surface area (Å²) in [7, 11) is 0. The van der Waals surface area contributed by atoms with Gasteiger partial charge in [-0.25, -0.2) is 14.5 Å². The first-order valence-electron chi connectivity index (χ1n) is 8.29. The van der Waals surface area contributed by atoms with Crippen LogP contribution in [0.4, 0.5) is 13.2 Å². The van der Waals surface area contributed by atoms with Gasteiger partial charge in [0, 0.05) is 24.2 Å². The fraction of sp³-hybridized carbons (Fsp3) is 0.0556. The number of halogens is 5. The van der Waals surface area contributed by atoms with Crippen molar-refractivity contribution in [2.45, 2.75) is 6.18 Å². The summed E-state index contributed by atoms with van der Waals surface area (Å²) in [6.07, 6.45) is -0.451. The van der Waals surface area contributed by atoms with Gasteiger partial charge < -0.3 is 9.63 Å². The van der Waals surface area contributed by atoms with Gasteiger partial charge in [0.25, 0.3) is 0 Å². The number of hydrogen-bond acceptors (Lipinski definition) is 6. The second-order valence-electron chi connectivity index (χ2n) is 6.02. The average Bonchev–Trinajstić information content (AvgIpc) is 3.33. The molecule has 4 aromatic heterocycles. The Labute approximate surface area is 180 Å². The van der Waals surface area contributed by atoms with E-state index in [0.717, 1.165) is 6.20 Å². The van der Waals surface area contributed by atoms with Crippen molar-refractivity contribution in [1.82, 2.24) is 24.9 Å². The van der Waals surface area contributed by atoms with E-state index in [-0.39, 0.29) is 27.1 Å². The first-order valence-corrected chi connectivity index (χ1v) is 9.05. The lowest BCUT2D eigenvalue weighted by molar-refractivity contribution is -0.142. The number of nitrogens with zero attached hydrogens (tertiary/aromatic N) is 5. The van der Waals surface area contributed by atoms with Gasteiger partial charge in [-0.3, -0.25) is 4.98 Å². The van der Waals surface area contributed by atoms with Crippen molar-refractivity contribution in [1.29, 1.82) is 0 Å². The van der Waals surface area contributed by atoms with Gasteiger partial charge in [-0.15, -0.1) is 0 Å². The highest BCUT2D eigenvalue weighted by Gasteiger charge is 2.42. The largest absolute Gasteiger partial charge is 0.477 e. The van der Waals surface area contributed by atoms with E-state index in [1.54, 1.807) is 0 Å². The highest BCUT2D eigenvalue weighted by Crippen LogP contribution is 2.43. The molecular formula is C18H8Cl2F3N5O3. The molecule has 0 radical (unpaired) electrons. The predicted molar refractivity (Wildman–Crippen MR) is 102 cm³/mol. The molecule has 0 saturated carbocycles. The summed E-state index contributed by atoms with van der Waals surface area (Å²) in [4.78, 5) is 19.6. The molecule has 8 nitrogen and oxygen atoms in total. The molecule has 0 aliphatic heterocycles. The molecule has 0 fully saturated rings. The van der Waals surface area contributed by atoms with Crippen LogP contribution < -0.4 is 0 Å². The van der Waals surface area contributed by atoms with Gasteiger partial charge in [-0.05, 0) is 12.1 Å². The molecule has 4 rings (SSSR count). The summed E-state index contributed by atoms with van der Waals surface area (Å²) in [5.74, 6) is -2.40. The van der Waals surface area contributed by atoms with E-state index in [1.807, 2.05) is 0 Å². The van der Waals surface area contributed by atoms with Gasteiger partial charge in [0.05, 0.1) is 21.8 Å². The minimum atomic E-state index is -4.93. The molecule has 4 heterocycles. The highest BCUT2D eigenvalue weighted by atomic mass is 35.5. The molecule has 31 heavy (non-hydrogen) atoms. The van der Waals surface area contributed by atoms with Crippen LogP contribution in [0.15, 0.2) is 47.5 Å². The zero-order valence-corrected chi connectivity index (χ0v) is 16.4. The Bertz CT molecular complexity index is 1270. The lowest BCUT2D eigenvalue weighted by Gasteiger charge is -2.11. The lowest BCUT2D eigenvalue weighted by atomic mass is 10.0. The van der Waals surface area contributed by atoms with Crippen LogP contribution in [0, 0.1) is 0 Å². The molecule has 4 aromatic rings. The van der Waals surface area contributed by atoms with E-state index in [2.05, 4.69) is 20.2 Å². The van der Waals surface area contributed by atoms with E-state index in [0.29, 0.717) is 4.68 Å². The van der Waals surface area contributed by atoms with E-state index < -0.39 is 34.7 Å². The molecule has 1 N–H and O–H groups in total. The van der Waals surface area contributed by atoms with Crippen molar-refractivity contribution >= 4 is 29.2 Å². The molecule has 0 atom stereocenters. The highest BCUT2D eigenvalue weighted by molar-refractivity contribution is 6.39. The van der Waals surface area contributed by atoms with Crippen LogP contribution in [0.5, 0.6) is 0 Å². The van der Waals surface area contributed by atoms with Gasteiger partial charge in [0.2, 0.25) is 0 Å². The zero-order valence-electron chi connectivity index (χ0n) is 14.9. The first kappa shape index (κ1) is 20.8. The molecule has 0 spiro atoms. The van der Waals surface area contributed by atoms with Crippen molar-refractivity contribution in [2.75, 3.05) is 0 Å². The summed E-state index contributed by atoms with van der Waals surface area (Å²) in [5, 5.41) is 17.0. The molecule has 0 aromatic carbocycles. The zero-order chi connectivity index (χ0) is 22.3. The topological polar surface area (TPSA) is 107 Å². The van der Waals surface area contributed by atoms with E-state index >= 15 is 0 Å². The molecule has 0 aliphatic rings. The maximum absolute atomic E-state index is 14.0.